The van der Waals surface area contributed by atoms with Crippen LogP contribution in [0.25, 0.3) is 11.3 Å². The van der Waals surface area contributed by atoms with Gasteiger partial charge in [0.2, 0.25) is 0 Å². The van der Waals surface area contributed by atoms with E-state index in [0.717, 1.165) is 30.7 Å². The molecule has 182 valence electrons. The van der Waals surface area contributed by atoms with Crippen LogP contribution in [0.5, 0.6) is 5.75 Å². The highest BCUT2D eigenvalue weighted by Crippen LogP contribution is 2.45. The molecule has 2 nitrogen and oxygen atoms in total. The lowest BCUT2D eigenvalue weighted by molar-refractivity contribution is 0.400. The van der Waals surface area contributed by atoms with Crippen molar-refractivity contribution in [2.75, 3.05) is 7.11 Å². The number of nitrogens with zero attached hydrogens (tertiary/aromatic N) is 1. The van der Waals surface area contributed by atoms with Crippen LogP contribution in [0.2, 0.25) is 0 Å². The zero-order valence-corrected chi connectivity index (χ0v) is 21.9. The summed E-state index contributed by atoms with van der Waals surface area (Å²) in [5, 5.41) is 0. The van der Waals surface area contributed by atoms with E-state index in [9.17, 15) is 0 Å². The molecule has 0 saturated heterocycles. The molecule has 0 fully saturated rings. The second kappa shape index (κ2) is 10.4. The second-order valence-electron chi connectivity index (χ2n) is 10.3. The minimum Gasteiger partial charge on any atom is -0.496 e. The fourth-order valence-electron chi connectivity index (χ4n) is 6.49. The van der Waals surface area contributed by atoms with Crippen molar-refractivity contribution < 1.29 is 4.74 Å². The van der Waals surface area contributed by atoms with E-state index in [4.69, 9.17) is 9.72 Å². The van der Waals surface area contributed by atoms with E-state index in [-0.39, 0.29) is 0 Å². The van der Waals surface area contributed by atoms with Crippen molar-refractivity contribution in [2.24, 2.45) is 0 Å². The number of rotatable bonds is 6. The molecule has 0 aliphatic heterocycles. The van der Waals surface area contributed by atoms with E-state index < -0.39 is 0 Å². The quantitative estimate of drug-likeness (QED) is 0.341. The Bertz CT molecular complexity index is 1200. The van der Waals surface area contributed by atoms with E-state index in [2.05, 4.69) is 75.4 Å². The molecule has 2 aliphatic carbocycles. The number of pyridine rings is 1. The van der Waals surface area contributed by atoms with Crippen LogP contribution >= 0.6 is 0 Å². The molecule has 0 saturated carbocycles. The van der Waals surface area contributed by atoms with Gasteiger partial charge < -0.3 is 4.74 Å². The summed E-state index contributed by atoms with van der Waals surface area (Å²) >= 11 is 0. The van der Waals surface area contributed by atoms with Crippen molar-refractivity contribution in [3.63, 3.8) is 0 Å². The van der Waals surface area contributed by atoms with Crippen molar-refractivity contribution >= 4 is 0 Å². The Kier molecular flexibility index (Phi) is 7.09. The highest BCUT2D eigenvalue weighted by Gasteiger charge is 2.29. The van der Waals surface area contributed by atoms with Crippen molar-refractivity contribution in [1.29, 1.82) is 0 Å². The van der Waals surface area contributed by atoms with E-state index in [1.807, 2.05) is 7.11 Å². The molecule has 0 unspecified atom stereocenters. The summed E-state index contributed by atoms with van der Waals surface area (Å²) in [6.07, 6.45) is 11.7. The molecule has 0 radical (unpaired) electrons. The number of methoxy groups -OCH3 is 1. The Labute approximate surface area is 211 Å². The third kappa shape index (κ3) is 4.56. The van der Waals surface area contributed by atoms with Gasteiger partial charge in [-0.1, -0.05) is 68.0 Å². The van der Waals surface area contributed by atoms with Crippen molar-refractivity contribution in [2.45, 2.75) is 84.0 Å². The van der Waals surface area contributed by atoms with Crippen LogP contribution in [0.3, 0.4) is 0 Å². The van der Waals surface area contributed by atoms with Gasteiger partial charge in [0.05, 0.1) is 12.8 Å². The van der Waals surface area contributed by atoms with Gasteiger partial charge in [0.1, 0.15) is 5.75 Å². The lowest BCUT2D eigenvalue weighted by atomic mass is 9.76. The van der Waals surface area contributed by atoms with Crippen LogP contribution in [0.15, 0.2) is 60.2 Å². The Balaban J connectivity index is 1.56. The molecule has 2 heteroatoms. The number of aromatic nitrogens is 1. The molecule has 0 amide bonds. The number of hydrogen-bond acceptors (Lipinski definition) is 2. The predicted octanol–water partition coefficient (Wildman–Crippen LogP) is 8.37. The number of aryl methyl sites for hydroxylation is 4. The zero-order valence-electron chi connectivity index (χ0n) is 21.9. The lowest BCUT2D eigenvalue weighted by Gasteiger charge is -2.30. The lowest BCUT2D eigenvalue weighted by Crippen LogP contribution is -2.16. The van der Waals surface area contributed by atoms with E-state index in [0.29, 0.717) is 11.8 Å². The number of allylic oxidation sites excluding steroid dienone is 2. The van der Waals surface area contributed by atoms with Gasteiger partial charge in [-0.3, -0.25) is 4.98 Å². The zero-order chi connectivity index (χ0) is 24.4. The first-order valence-corrected chi connectivity index (χ1v) is 13.6. The molecule has 1 aromatic heterocycles. The number of benzene rings is 2. The Morgan fingerprint density at radius 3 is 2.46 bits per heavy atom. The van der Waals surface area contributed by atoms with Gasteiger partial charge in [-0.25, -0.2) is 0 Å². The van der Waals surface area contributed by atoms with E-state index in [1.165, 1.54) is 76.8 Å². The molecule has 3 aromatic rings. The summed E-state index contributed by atoms with van der Waals surface area (Å²) in [5.41, 5.74) is 12.2. The van der Waals surface area contributed by atoms with Crippen LogP contribution < -0.4 is 4.74 Å². The average molecular weight is 466 g/mol. The van der Waals surface area contributed by atoms with Crippen LogP contribution in [0.1, 0.15) is 91.8 Å². The van der Waals surface area contributed by atoms with Gasteiger partial charge in [-0.2, -0.15) is 0 Å². The molecule has 2 aliphatic rings. The van der Waals surface area contributed by atoms with Gasteiger partial charge in [0.25, 0.3) is 0 Å². The van der Waals surface area contributed by atoms with Crippen molar-refractivity contribution in [3.8, 4) is 17.0 Å². The Morgan fingerprint density at radius 2 is 1.71 bits per heavy atom. The monoisotopic (exact) mass is 465 g/mol. The SMILES string of the molecule is CCc1cccc(CC)c1-c1cc(OC)c2c(n1)CCC[C@H]2/C(C)=C/[C@H]1CCCc2ccccc21. The first kappa shape index (κ1) is 23.9. The number of ether oxygens (including phenoxy) is 1. The Morgan fingerprint density at radius 1 is 0.971 bits per heavy atom. The minimum absolute atomic E-state index is 0.386. The molecular formula is C33H39NO. The van der Waals surface area contributed by atoms with Crippen LogP contribution in [-0.4, -0.2) is 12.1 Å². The Hall–Kier alpha value is -2.87. The van der Waals surface area contributed by atoms with Crippen molar-refractivity contribution in [3.05, 3.63) is 93.7 Å². The van der Waals surface area contributed by atoms with Gasteiger partial charge in [-0.15, -0.1) is 0 Å². The van der Waals surface area contributed by atoms with E-state index >= 15 is 0 Å². The third-order valence-electron chi connectivity index (χ3n) is 8.26. The molecule has 0 N–H and O–H groups in total. The molecule has 1 heterocycles. The maximum Gasteiger partial charge on any atom is 0.126 e. The molecule has 2 aromatic carbocycles. The summed E-state index contributed by atoms with van der Waals surface area (Å²) in [6.45, 7) is 6.81. The molecule has 0 spiro atoms. The standard InChI is InChI=1S/C33H39NO/c1-5-23-13-9-14-24(6-2)32(23)30-21-31(35-4)33-27(18-11-19-29(33)34-30)22(3)20-26-16-10-15-25-12-7-8-17-28(25)26/h7-9,12-14,17,20-21,26-27H,5-6,10-11,15-16,18-19H2,1-4H3/b22-20+/t26-,27+/m1/s1. The first-order chi connectivity index (χ1) is 17.1. The van der Waals surface area contributed by atoms with Gasteiger partial charge in [0.15, 0.2) is 0 Å². The van der Waals surface area contributed by atoms with Gasteiger partial charge in [0, 0.05) is 34.7 Å². The fraction of sp³-hybridized carbons (Fsp3) is 0.424. The fourth-order valence-corrected chi connectivity index (χ4v) is 6.49. The minimum atomic E-state index is 0.386. The molecule has 35 heavy (non-hydrogen) atoms. The van der Waals surface area contributed by atoms with Crippen LogP contribution in [-0.2, 0) is 25.7 Å². The first-order valence-electron chi connectivity index (χ1n) is 13.6. The highest BCUT2D eigenvalue weighted by atomic mass is 16.5. The molecular weight excluding hydrogens is 426 g/mol. The summed E-state index contributed by atoms with van der Waals surface area (Å²) in [7, 11) is 1.83. The average Bonchev–Trinajstić information content (AvgIpc) is 2.91. The smallest absolute Gasteiger partial charge is 0.126 e. The third-order valence-corrected chi connectivity index (χ3v) is 8.26. The summed E-state index contributed by atoms with van der Waals surface area (Å²) < 4.78 is 6.08. The van der Waals surface area contributed by atoms with Crippen LogP contribution in [0, 0.1) is 0 Å². The number of hydrogen-bond donors (Lipinski definition) is 0. The second-order valence-corrected chi connectivity index (χ2v) is 10.3. The summed E-state index contributed by atoms with van der Waals surface area (Å²) in [5.74, 6) is 1.92. The summed E-state index contributed by atoms with van der Waals surface area (Å²) in [4.78, 5) is 5.32. The molecule has 0 bridgehead atoms. The summed E-state index contributed by atoms with van der Waals surface area (Å²) in [6, 6.07) is 17.9. The largest absolute Gasteiger partial charge is 0.496 e. The van der Waals surface area contributed by atoms with Gasteiger partial charge in [-0.05, 0) is 80.5 Å². The number of fused-ring (bicyclic) bond motifs is 2. The molecule has 5 rings (SSSR count). The maximum absolute atomic E-state index is 6.08. The topological polar surface area (TPSA) is 22.1 Å². The predicted molar refractivity (Wildman–Crippen MR) is 147 cm³/mol. The maximum atomic E-state index is 6.08. The normalized spacial score (nSPS) is 19.7. The van der Waals surface area contributed by atoms with Crippen molar-refractivity contribution in [1.82, 2.24) is 4.98 Å². The molecule has 2 atom stereocenters. The van der Waals surface area contributed by atoms with Crippen LogP contribution in [0.4, 0.5) is 0 Å². The van der Waals surface area contributed by atoms with Gasteiger partial charge >= 0.3 is 0 Å². The highest BCUT2D eigenvalue weighted by molar-refractivity contribution is 5.70. The van der Waals surface area contributed by atoms with E-state index in [1.54, 1.807) is 0 Å².